The Balaban J connectivity index is 1.80. The van der Waals surface area contributed by atoms with Crippen LogP contribution in [0.2, 0.25) is 0 Å². The van der Waals surface area contributed by atoms with Gasteiger partial charge in [0.25, 0.3) is 0 Å². The van der Waals surface area contributed by atoms with Crippen molar-refractivity contribution in [2.75, 3.05) is 26.2 Å². The minimum absolute atomic E-state index is 0.0987. The Morgan fingerprint density at radius 2 is 2.00 bits per heavy atom. The summed E-state index contributed by atoms with van der Waals surface area (Å²) in [7, 11) is 0. The molecule has 1 aliphatic carbocycles. The van der Waals surface area contributed by atoms with E-state index in [2.05, 4.69) is 27.9 Å². The van der Waals surface area contributed by atoms with Crippen molar-refractivity contribution in [2.45, 2.75) is 52.0 Å². The van der Waals surface area contributed by atoms with Crippen molar-refractivity contribution in [3.8, 4) is 0 Å². The van der Waals surface area contributed by atoms with Gasteiger partial charge in [0.1, 0.15) is 0 Å². The van der Waals surface area contributed by atoms with Crippen LogP contribution in [0.5, 0.6) is 0 Å². The molecule has 1 heterocycles. The number of urea groups is 1. The summed E-state index contributed by atoms with van der Waals surface area (Å²) in [6, 6.07) is 0.147. The van der Waals surface area contributed by atoms with Gasteiger partial charge in [0, 0.05) is 12.6 Å². The van der Waals surface area contributed by atoms with E-state index in [4.69, 9.17) is 0 Å². The van der Waals surface area contributed by atoms with Gasteiger partial charge in [0.05, 0.1) is 19.6 Å². The number of nitrogens with zero attached hydrogens (tertiary/aromatic N) is 2. The van der Waals surface area contributed by atoms with E-state index in [9.17, 15) is 9.59 Å². The number of imide groups is 1. The summed E-state index contributed by atoms with van der Waals surface area (Å²) in [6.45, 7) is 5.92. The van der Waals surface area contributed by atoms with Gasteiger partial charge < -0.3 is 16.0 Å². The zero-order valence-corrected chi connectivity index (χ0v) is 14.2. The number of hydrogen-bond acceptors (Lipinski definition) is 3. The largest absolute Gasteiger partial charge is 0.357 e. The van der Waals surface area contributed by atoms with Crippen LogP contribution < -0.4 is 16.0 Å². The molecular weight excluding hydrogens is 294 g/mol. The first-order valence-corrected chi connectivity index (χ1v) is 8.77. The minimum atomic E-state index is -0.318. The molecule has 1 aliphatic heterocycles. The van der Waals surface area contributed by atoms with Gasteiger partial charge in [-0.15, -0.1) is 0 Å². The van der Waals surface area contributed by atoms with E-state index in [1.54, 1.807) is 0 Å². The first-order valence-electron chi connectivity index (χ1n) is 8.77. The molecule has 0 unspecified atom stereocenters. The Hall–Kier alpha value is -1.79. The van der Waals surface area contributed by atoms with Crippen LogP contribution in [-0.2, 0) is 4.79 Å². The normalized spacial score (nSPS) is 25.5. The second-order valence-corrected chi connectivity index (χ2v) is 6.23. The maximum Gasteiger partial charge on any atom is 0.324 e. The average molecular weight is 323 g/mol. The van der Waals surface area contributed by atoms with E-state index >= 15 is 0 Å². The third-order valence-electron chi connectivity index (χ3n) is 4.64. The molecule has 2 fully saturated rings. The van der Waals surface area contributed by atoms with Crippen molar-refractivity contribution < 1.29 is 9.59 Å². The first kappa shape index (κ1) is 17.6. The lowest BCUT2D eigenvalue weighted by Crippen LogP contribution is -2.45. The maximum absolute atomic E-state index is 11.5. The molecule has 2 rings (SSSR count). The number of carbonyl (C=O) groups is 2. The highest BCUT2D eigenvalue weighted by atomic mass is 16.2. The molecule has 0 aromatic heterocycles. The predicted octanol–water partition coefficient (Wildman–Crippen LogP) is 1.06. The first-order chi connectivity index (χ1) is 11.1. The Bertz CT molecular complexity index is 428. The molecule has 3 amide bonds. The van der Waals surface area contributed by atoms with Gasteiger partial charge >= 0.3 is 6.03 Å². The summed E-state index contributed by atoms with van der Waals surface area (Å²) in [6.07, 6.45) is 6.17. The van der Waals surface area contributed by atoms with Gasteiger partial charge in [-0.05, 0) is 38.5 Å². The standard InChI is InChI=1S/C16H29N5O2/c1-3-12-5-7-13(8-6-12)20-15(17-4-2)18-9-10-21-14(22)11-19-16(21)23/h12-13H,3-11H2,1-2H3,(H,19,23)(H2,17,18,20). The molecule has 7 nitrogen and oxygen atoms in total. The van der Waals surface area contributed by atoms with E-state index in [1.165, 1.54) is 37.0 Å². The number of aliphatic imine (C=N–C) groups is 1. The molecule has 23 heavy (non-hydrogen) atoms. The van der Waals surface area contributed by atoms with Crippen LogP contribution in [-0.4, -0.2) is 55.0 Å². The van der Waals surface area contributed by atoms with Crippen LogP contribution in [0, 0.1) is 5.92 Å². The Morgan fingerprint density at radius 1 is 1.26 bits per heavy atom. The molecule has 0 aromatic rings. The molecule has 0 bridgehead atoms. The number of amides is 3. The van der Waals surface area contributed by atoms with Crippen molar-refractivity contribution in [3.63, 3.8) is 0 Å². The van der Waals surface area contributed by atoms with E-state index < -0.39 is 0 Å². The second-order valence-electron chi connectivity index (χ2n) is 6.23. The Labute approximate surface area is 138 Å². The molecule has 0 aromatic carbocycles. The van der Waals surface area contributed by atoms with E-state index in [-0.39, 0.29) is 18.5 Å². The highest BCUT2D eigenvalue weighted by Gasteiger charge is 2.27. The topological polar surface area (TPSA) is 85.8 Å². The van der Waals surface area contributed by atoms with Gasteiger partial charge in [-0.2, -0.15) is 0 Å². The Kier molecular flexibility index (Phi) is 6.67. The minimum Gasteiger partial charge on any atom is -0.357 e. The molecule has 0 radical (unpaired) electrons. The molecular formula is C16H29N5O2. The monoisotopic (exact) mass is 323 g/mol. The number of nitrogens with one attached hydrogen (secondary N) is 3. The van der Waals surface area contributed by atoms with Gasteiger partial charge in [0.15, 0.2) is 5.96 Å². The summed E-state index contributed by atoms with van der Waals surface area (Å²) in [4.78, 5) is 28.7. The van der Waals surface area contributed by atoms with Crippen molar-refractivity contribution in [1.29, 1.82) is 0 Å². The predicted molar refractivity (Wildman–Crippen MR) is 90.3 cm³/mol. The van der Waals surface area contributed by atoms with Crippen LogP contribution in [0.25, 0.3) is 0 Å². The number of rotatable bonds is 6. The van der Waals surface area contributed by atoms with Crippen molar-refractivity contribution in [2.24, 2.45) is 10.9 Å². The Morgan fingerprint density at radius 3 is 2.57 bits per heavy atom. The number of carbonyl (C=O) groups excluding carboxylic acids is 2. The van der Waals surface area contributed by atoms with Gasteiger partial charge in [-0.1, -0.05) is 13.3 Å². The molecule has 3 N–H and O–H groups in total. The van der Waals surface area contributed by atoms with Gasteiger partial charge in [0.2, 0.25) is 5.91 Å². The number of guanidine groups is 1. The molecule has 130 valence electrons. The third-order valence-corrected chi connectivity index (χ3v) is 4.64. The molecule has 0 atom stereocenters. The van der Waals surface area contributed by atoms with Crippen molar-refractivity contribution in [3.05, 3.63) is 0 Å². The molecule has 7 heteroatoms. The summed E-state index contributed by atoms with van der Waals surface area (Å²) < 4.78 is 0. The van der Waals surface area contributed by atoms with E-state index in [0.717, 1.165) is 18.4 Å². The highest BCUT2D eigenvalue weighted by Crippen LogP contribution is 2.26. The van der Waals surface area contributed by atoms with Gasteiger partial charge in [-0.3, -0.25) is 14.7 Å². The van der Waals surface area contributed by atoms with Crippen LogP contribution in [0.3, 0.4) is 0 Å². The maximum atomic E-state index is 11.5. The van der Waals surface area contributed by atoms with Crippen molar-refractivity contribution >= 4 is 17.9 Å². The van der Waals surface area contributed by atoms with Gasteiger partial charge in [-0.25, -0.2) is 4.79 Å². The highest BCUT2D eigenvalue weighted by molar-refractivity contribution is 6.01. The lowest BCUT2D eigenvalue weighted by atomic mass is 9.84. The van der Waals surface area contributed by atoms with Crippen LogP contribution in [0.15, 0.2) is 4.99 Å². The van der Waals surface area contributed by atoms with E-state index in [0.29, 0.717) is 19.1 Å². The third kappa shape index (κ3) is 5.11. The summed E-state index contributed by atoms with van der Waals surface area (Å²) in [5.74, 6) is 1.47. The number of hydrogen-bond donors (Lipinski definition) is 3. The summed E-state index contributed by atoms with van der Waals surface area (Å²) in [5, 5.41) is 9.24. The van der Waals surface area contributed by atoms with E-state index in [1.807, 2.05) is 6.92 Å². The SMILES string of the molecule is CCNC(=NCCN1C(=O)CNC1=O)NC1CCC(CC)CC1. The fourth-order valence-electron chi connectivity index (χ4n) is 3.17. The van der Waals surface area contributed by atoms with Crippen molar-refractivity contribution in [1.82, 2.24) is 20.9 Å². The van der Waals surface area contributed by atoms with Crippen LogP contribution in [0.1, 0.15) is 46.0 Å². The lowest BCUT2D eigenvalue weighted by molar-refractivity contribution is -0.124. The molecule has 1 saturated heterocycles. The summed E-state index contributed by atoms with van der Waals surface area (Å²) in [5.41, 5.74) is 0. The van der Waals surface area contributed by atoms with Crippen LogP contribution in [0.4, 0.5) is 4.79 Å². The quantitative estimate of drug-likeness (QED) is 0.388. The fourth-order valence-corrected chi connectivity index (χ4v) is 3.17. The lowest BCUT2D eigenvalue weighted by Gasteiger charge is -2.29. The molecule has 0 spiro atoms. The average Bonchev–Trinajstić information content (AvgIpc) is 2.87. The molecule has 1 saturated carbocycles. The zero-order chi connectivity index (χ0) is 16.7. The molecule has 2 aliphatic rings. The fraction of sp³-hybridized carbons (Fsp3) is 0.812. The smallest absolute Gasteiger partial charge is 0.324 e. The zero-order valence-electron chi connectivity index (χ0n) is 14.2. The second kappa shape index (κ2) is 8.74. The van der Waals surface area contributed by atoms with Crippen LogP contribution >= 0.6 is 0 Å². The summed E-state index contributed by atoms with van der Waals surface area (Å²) >= 11 is 0.